The van der Waals surface area contributed by atoms with Gasteiger partial charge in [-0.2, -0.15) is 0 Å². The van der Waals surface area contributed by atoms with Crippen LogP contribution in [0.3, 0.4) is 0 Å². The molecule has 0 saturated heterocycles. The van der Waals surface area contributed by atoms with Crippen molar-refractivity contribution in [2.75, 3.05) is 0 Å². The van der Waals surface area contributed by atoms with Gasteiger partial charge in [0.1, 0.15) is 11.6 Å². The first-order valence-corrected chi connectivity index (χ1v) is 7.15. The topological polar surface area (TPSA) is 17.1 Å². The number of carbonyl (C=O) groups is 1. The van der Waals surface area contributed by atoms with E-state index in [2.05, 4.69) is 13.8 Å². The number of ketones is 1. The first kappa shape index (κ1) is 14.2. The summed E-state index contributed by atoms with van der Waals surface area (Å²) < 4.78 is 13.0. The molecule has 1 fully saturated rings. The van der Waals surface area contributed by atoms with Crippen LogP contribution in [0.1, 0.15) is 50.7 Å². The molecule has 0 spiro atoms. The van der Waals surface area contributed by atoms with Gasteiger partial charge < -0.3 is 0 Å². The molecule has 0 atom stereocenters. The van der Waals surface area contributed by atoms with E-state index in [0.29, 0.717) is 17.6 Å². The molecule has 1 nitrogen and oxygen atoms in total. The predicted molar refractivity (Wildman–Crippen MR) is 75.6 cm³/mol. The van der Waals surface area contributed by atoms with Gasteiger partial charge in [0.25, 0.3) is 0 Å². The standard InChI is InChI=1S/C17H23FO/c1-12-10-15(18)5-4-14(12)11-16(19)13-6-8-17(2,3)9-7-13/h4-5,10,13H,6-9,11H2,1-3H3. The lowest BCUT2D eigenvalue weighted by Gasteiger charge is -2.33. The molecule has 0 heterocycles. The fourth-order valence-electron chi connectivity index (χ4n) is 2.91. The second-order valence-electron chi connectivity index (χ2n) is 6.65. The minimum atomic E-state index is -0.229. The van der Waals surface area contributed by atoms with Gasteiger partial charge in [0.05, 0.1) is 0 Å². The minimum absolute atomic E-state index is 0.206. The van der Waals surface area contributed by atoms with Gasteiger partial charge in [-0.05, 0) is 61.3 Å². The average Bonchev–Trinajstić information content (AvgIpc) is 2.32. The summed E-state index contributed by atoms with van der Waals surface area (Å²) in [6, 6.07) is 4.70. The maximum atomic E-state index is 13.0. The summed E-state index contributed by atoms with van der Waals surface area (Å²) >= 11 is 0. The molecule has 19 heavy (non-hydrogen) atoms. The normalized spacial score (nSPS) is 19.4. The van der Waals surface area contributed by atoms with E-state index < -0.39 is 0 Å². The largest absolute Gasteiger partial charge is 0.299 e. The average molecular weight is 262 g/mol. The van der Waals surface area contributed by atoms with Gasteiger partial charge in [0.2, 0.25) is 0 Å². The molecule has 1 aromatic rings. The first-order chi connectivity index (χ1) is 8.87. The van der Waals surface area contributed by atoms with Crippen molar-refractivity contribution >= 4 is 5.78 Å². The van der Waals surface area contributed by atoms with Gasteiger partial charge in [-0.25, -0.2) is 4.39 Å². The molecule has 1 aromatic carbocycles. The second kappa shape index (κ2) is 5.44. The van der Waals surface area contributed by atoms with Gasteiger partial charge in [0.15, 0.2) is 0 Å². The minimum Gasteiger partial charge on any atom is -0.299 e. The lowest BCUT2D eigenvalue weighted by molar-refractivity contribution is -0.123. The molecule has 0 N–H and O–H groups in total. The maximum Gasteiger partial charge on any atom is 0.140 e. The van der Waals surface area contributed by atoms with Crippen LogP contribution in [0.2, 0.25) is 0 Å². The number of carbonyl (C=O) groups excluding carboxylic acids is 1. The molecule has 1 aliphatic carbocycles. The van der Waals surface area contributed by atoms with Crippen LogP contribution in [0.25, 0.3) is 0 Å². The van der Waals surface area contributed by atoms with Crippen LogP contribution in [0, 0.1) is 24.1 Å². The Morgan fingerprint density at radius 3 is 2.53 bits per heavy atom. The molecule has 1 saturated carbocycles. The number of benzene rings is 1. The highest BCUT2D eigenvalue weighted by Gasteiger charge is 2.30. The van der Waals surface area contributed by atoms with Crippen molar-refractivity contribution in [2.24, 2.45) is 11.3 Å². The van der Waals surface area contributed by atoms with Gasteiger partial charge >= 0.3 is 0 Å². The van der Waals surface area contributed by atoms with E-state index in [1.54, 1.807) is 6.07 Å². The second-order valence-corrected chi connectivity index (χ2v) is 6.65. The SMILES string of the molecule is Cc1cc(F)ccc1CC(=O)C1CCC(C)(C)CC1. The number of hydrogen-bond acceptors (Lipinski definition) is 1. The zero-order chi connectivity index (χ0) is 14.0. The molecule has 0 bridgehead atoms. The summed E-state index contributed by atoms with van der Waals surface area (Å²) in [6.07, 6.45) is 4.73. The van der Waals surface area contributed by atoms with Crippen molar-refractivity contribution in [3.63, 3.8) is 0 Å². The Morgan fingerprint density at radius 1 is 1.32 bits per heavy atom. The first-order valence-electron chi connectivity index (χ1n) is 7.15. The van der Waals surface area contributed by atoms with Crippen LogP contribution in [0.4, 0.5) is 4.39 Å². The number of Topliss-reactive ketones (excluding diaryl/α,β-unsaturated/α-hetero) is 1. The summed E-state index contributed by atoms with van der Waals surface area (Å²) in [5, 5.41) is 0. The molecule has 2 rings (SSSR count). The Labute approximate surface area is 115 Å². The van der Waals surface area contributed by atoms with Crippen LogP contribution in [0.15, 0.2) is 18.2 Å². The summed E-state index contributed by atoms with van der Waals surface area (Å²) in [4.78, 5) is 12.3. The van der Waals surface area contributed by atoms with E-state index in [1.807, 2.05) is 6.92 Å². The molecular formula is C17H23FO. The van der Waals surface area contributed by atoms with Crippen LogP contribution in [-0.4, -0.2) is 5.78 Å². The van der Waals surface area contributed by atoms with Crippen molar-refractivity contribution in [1.29, 1.82) is 0 Å². The van der Waals surface area contributed by atoms with E-state index in [1.165, 1.54) is 12.1 Å². The highest BCUT2D eigenvalue weighted by atomic mass is 19.1. The lowest BCUT2D eigenvalue weighted by atomic mass is 9.71. The monoisotopic (exact) mass is 262 g/mol. The van der Waals surface area contributed by atoms with E-state index in [0.717, 1.165) is 36.8 Å². The van der Waals surface area contributed by atoms with Gasteiger partial charge in [-0.3, -0.25) is 4.79 Å². The zero-order valence-corrected chi connectivity index (χ0v) is 12.1. The highest BCUT2D eigenvalue weighted by Crippen LogP contribution is 2.38. The summed E-state index contributed by atoms with van der Waals surface area (Å²) in [6.45, 7) is 6.42. The van der Waals surface area contributed by atoms with Crippen molar-refractivity contribution < 1.29 is 9.18 Å². The fourth-order valence-corrected chi connectivity index (χ4v) is 2.91. The Bertz CT molecular complexity index is 466. The third-order valence-electron chi connectivity index (χ3n) is 4.46. The van der Waals surface area contributed by atoms with Gasteiger partial charge in [-0.1, -0.05) is 19.9 Å². The summed E-state index contributed by atoms with van der Waals surface area (Å²) in [5.74, 6) is 0.302. The number of halogens is 1. The highest BCUT2D eigenvalue weighted by molar-refractivity contribution is 5.83. The van der Waals surface area contributed by atoms with Crippen LogP contribution in [0.5, 0.6) is 0 Å². The molecule has 0 radical (unpaired) electrons. The van der Waals surface area contributed by atoms with Crippen molar-refractivity contribution in [1.82, 2.24) is 0 Å². The van der Waals surface area contributed by atoms with Crippen LogP contribution >= 0.6 is 0 Å². The van der Waals surface area contributed by atoms with Crippen molar-refractivity contribution in [3.8, 4) is 0 Å². The molecule has 1 aliphatic rings. The fraction of sp³-hybridized carbons (Fsp3) is 0.588. The van der Waals surface area contributed by atoms with Crippen molar-refractivity contribution in [3.05, 3.63) is 35.1 Å². The van der Waals surface area contributed by atoms with Gasteiger partial charge in [0, 0.05) is 12.3 Å². The predicted octanol–water partition coefficient (Wildman–Crippen LogP) is 4.46. The number of hydrogen-bond donors (Lipinski definition) is 0. The maximum absolute atomic E-state index is 13.0. The third kappa shape index (κ3) is 3.65. The quantitative estimate of drug-likeness (QED) is 0.786. The van der Waals surface area contributed by atoms with Crippen LogP contribution < -0.4 is 0 Å². The number of aryl methyl sites for hydroxylation is 1. The molecule has 0 unspecified atom stereocenters. The Morgan fingerprint density at radius 2 is 1.95 bits per heavy atom. The molecule has 104 valence electrons. The molecule has 2 heteroatoms. The van der Waals surface area contributed by atoms with E-state index >= 15 is 0 Å². The smallest absolute Gasteiger partial charge is 0.140 e. The van der Waals surface area contributed by atoms with Crippen molar-refractivity contribution in [2.45, 2.75) is 52.9 Å². The lowest BCUT2D eigenvalue weighted by Crippen LogP contribution is -2.27. The third-order valence-corrected chi connectivity index (χ3v) is 4.46. The van der Waals surface area contributed by atoms with Crippen LogP contribution in [-0.2, 0) is 11.2 Å². The molecule has 0 aromatic heterocycles. The summed E-state index contributed by atoms with van der Waals surface area (Å²) in [5.41, 5.74) is 2.24. The van der Waals surface area contributed by atoms with E-state index in [-0.39, 0.29) is 11.7 Å². The number of rotatable bonds is 3. The Hall–Kier alpha value is -1.18. The molecular weight excluding hydrogens is 239 g/mol. The molecule has 0 amide bonds. The Kier molecular flexibility index (Phi) is 4.07. The van der Waals surface area contributed by atoms with E-state index in [9.17, 15) is 9.18 Å². The van der Waals surface area contributed by atoms with E-state index in [4.69, 9.17) is 0 Å². The summed E-state index contributed by atoms with van der Waals surface area (Å²) in [7, 11) is 0. The van der Waals surface area contributed by atoms with Gasteiger partial charge in [-0.15, -0.1) is 0 Å². The Balaban J connectivity index is 1.98. The zero-order valence-electron chi connectivity index (χ0n) is 12.1. The molecule has 0 aliphatic heterocycles.